The van der Waals surface area contributed by atoms with Crippen LogP contribution in [0.2, 0.25) is 0 Å². The molecule has 5 rings (SSSR count). The summed E-state index contributed by atoms with van der Waals surface area (Å²) in [5.41, 5.74) is 2.34. The van der Waals surface area contributed by atoms with Gasteiger partial charge in [0, 0.05) is 32.6 Å². The lowest BCUT2D eigenvalue weighted by atomic mass is 10.2. The number of nitrogens with one attached hydrogen (secondary N) is 1. The highest BCUT2D eigenvalue weighted by Gasteiger charge is 2.19. The molecule has 0 aliphatic carbocycles. The number of anilines is 1. The molecule has 0 saturated carbocycles. The van der Waals surface area contributed by atoms with Gasteiger partial charge in [-0.05, 0) is 49.4 Å². The summed E-state index contributed by atoms with van der Waals surface area (Å²) in [6.07, 6.45) is 1.20. The van der Waals surface area contributed by atoms with Gasteiger partial charge in [-0.3, -0.25) is 19.1 Å². The zero-order valence-corrected chi connectivity index (χ0v) is 21.7. The first-order chi connectivity index (χ1) is 18.6. The number of fused-ring (bicyclic) bond motifs is 1. The van der Waals surface area contributed by atoms with E-state index < -0.39 is 0 Å². The second-order valence-corrected chi connectivity index (χ2v) is 9.40. The monoisotopic (exact) mass is 511 g/mol. The molecule has 38 heavy (non-hydrogen) atoms. The van der Waals surface area contributed by atoms with Gasteiger partial charge in [0.25, 0.3) is 5.56 Å². The Labute approximate surface area is 222 Å². The number of aromatic nitrogens is 2. The number of carbonyl (C=O) groups excluding carboxylic acids is 1. The first-order valence-electron chi connectivity index (χ1n) is 13.1. The summed E-state index contributed by atoms with van der Waals surface area (Å²) in [7, 11) is 1.71. The van der Waals surface area contributed by atoms with Crippen LogP contribution in [0.3, 0.4) is 0 Å². The van der Waals surface area contributed by atoms with E-state index in [1.165, 1.54) is 0 Å². The van der Waals surface area contributed by atoms with E-state index in [1.807, 2.05) is 66.7 Å². The number of carbonyl (C=O) groups is 1. The van der Waals surface area contributed by atoms with Gasteiger partial charge in [0.2, 0.25) is 5.91 Å². The fourth-order valence-electron chi connectivity index (χ4n) is 4.97. The van der Waals surface area contributed by atoms with Crippen molar-refractivity contribution in [3.63, 3.8) is 0 Å². The molecule has 1 aliphatic rings. The van der Waals surface area contributed by atoms with Crippen LogP contribution >= 0.6 is 0 Å². The van der Waals surface area contributed by atoms with Crippen LogP contribution in [0.25, 0.3) is 16.6 Å². The molecule has 0 spiro atoms. The highest BCUT2D eigenvalue weighted by atomic mass is 16.5. The summed E-state index contributed by atoms with van der Waals surface area (Å²) in [5.74, 6) is 1.37. The van der Waals surface area contributed by atoms with Crippen molar-refractivity contribution >= 4 is 22.5 Å². The van der Waals surface area contributed by atoms with Gasteiger partial charge in [-0.2, -0.15) is 0 Å². The number of para-hydroxylation sites is 4. The molecule has 0 radical (unpaired) electrons. The summed E-state index contributed by atoms with van der Waals surface area (Å²) < 4.78 is 7.10. The van der Waals surface area contributed by atoms with Gasteiger partial charge in [-0.25, -0.2) is 4.98 Å². The standard InChI is InChI=1S/C30H33N5O3/c1-38-27-15-8-7-14-26(27)34-20-18-33(19-21-34)17-9-16-29(36)31-22-28-32-25-13-6-5-12-24(25)30(37)35(28)23-10-3-2-4-11-23/h2-8,10-15H,9,16-22H2,1H3,(H,31,36). The number of piperazine rings is 1. The topological polar surface area (TPSA) is 79.7 Å². The minimum absolute atomic E-state index is 0.0420. The summed E-state index contributed by atoms with van der Waals surface area (Å²) in [6.45, 7) is 4.81. The van der Waals surface area contributed by atoms with E-state index in [-0.39, 0.29) is 18.0 Å². The molecule has 1 fully saturated rings. The van der Waals surface area contributed by atoms with Gasteiger partial charge >= 0.3 is 0 Å². The minimum Gasteiger partial charge on any atom is -0.495 e. The van der Waals surface area contributed by atoms with E-state index in [4.69, 9.17) is 9.72 Å². The summed E-state index contributed by atoms with van der Waals surface area (Å²) in [6, 6.07) is 24.8. The van der Waals surface area contributed by atoms with Crippen LogP contribution < -0.4 is 20.5 Å². The van der Waals surface area contributed by atoms with Crippen LogP contribution in [0.15, 0.2) is 83.7 Å². The molecular formula is C30H33N5O3. The normalized spacial score (nSPS) is 14.0. The van der Waals surface area contributed by atoms with E-state index in [1.54, 1.807) is 17.7 Å². The Bertz CT molecular complexity index is 1450. The average Bonchev–Trinajstić information content (AvgIpc) is 2.97. The maximum atomic E-state index is 13.3. The van der Waals surface area contributed by atoms with Crippen molar-refractivity contribution in [2.45, 2.75) is 19.4 Å². The summed E-state index contributed by atoms with van der Waals surface area (Å²) in [4.78, 5) is 35.4. The maximum absolute atomic E-state index is 13.3. The van der Waals surface area contributed by atoms with Gasteiger partial charge < -0.3 is 15.0 Å². The predicted octanol–water partition coefficient (Wildman–Crippen LogP) is 3.61. The van der Waals surface area contributed by atoms with E-state index in [0.29, 0.717) is 23.1 Å². The molecule has 8 heteroatoms. The Morgan fingerprint density at radius 2 is 1.63 bits per heavy atom. The molecule has 4 aromatic rings. The van der Waals surface area contributed by atoms with Crippen molar-refractivity contribution in [1.82, 2.24) is 19.8 Å². The van der Waals surface area contributed by atoms with Crippen molar-refractivity contribution in [2.75, 3.05) is 44.7 Å². The molecule has 0 unspecified atom stereocenters. The zero-order chi connectivity index (χ0) is 26.3. The van der Waals surface area contributed by atoms with Crippen LogP contribution in [0.4, 0.5) is 5.69 Å². The molecule has 2 heterocycles. The number of nitrogens with zero attached hydrogens (tertiary/aromatic N) is 4. The van der Waals surface area contributed by atoms with Gasteiger partial charge in [0.15, 0.2) is 0 Å². The maximum Gasteiger partial charge on any atom is 0.266 e. The molecule has 8 nitrogen and oxygen atoms in total. The molecule has 196 valence electrons. The lowest BCUT2D eigenvalue weighted by molar-refractivity contribution is -0.121. The van der Waals surface area contributed by atoms with Gasteiger partial charge in [-0.15, -0.1) is 0 Å². The van der Waals surface area contributed by atoms with Crippen LogP contribution in [-0.4, -0.2) is 60.2 Å². The number of amides is 1. The Hall–Kier alpha value is -4.17. The van der Waals surface area contributed by atoms with Crippen LogP contribution in [0.5, 0.6) is 5.75 Å². The Morgan fingerprint density at radius 1 is 0.921 bits per heavy atom. The third kappa shape index (κ3) is 5.70. The number of rotatable bonds is 9. The lowest BCUT2D eigenvalue weighted by Gasteiger charge is -2.36. The average molecular weight is 512 g/mol. The Morgan fingerprint density at radius 3 is 2.42 bits per heavy atom. The second-order valence-electron chi connectivity index (χ2n) is 9.40. The van der Waals surface area contributed by atoms with Crippen molar-refractivity contribution < 1.29 is 9.53 Å². The first-order valence-corrected chi connectivity index (χ1v) is 13.1. The third-order valence-electron chi connectivity index (χ3n) is 6.98. The van der Waals surface area contributed by atoms with Crippen molar-refractivity contribution in [3.8, 4) is 11.4 Å². The Kier molecular flexibility index (Phi) is 7.99. The van der Waals surface area contributed by atoms with E-state index >= 15 is 0 Å². The van der Waals surface area contributed by atoms with E-state index in [0.717, 1.165) is 56.3 Å². The molecule has 1 saturated heterocycles. The Balaban J connectivity index is 1.15. The van der Waals surface area contributed by atoms with Crippen molar-refractivity contribution in [1.29, 1.82) is 0 Å². The molecule has 1 aromatic heterocycles. The summed E-state index contributed by atoms with van der Waals surface area (Å²) >= 11 is 0. The predicted molar refractivity (Wildman–Crippen MR) is 150 cm³/mol. The van der Waals surface area contributed by atoms with Gasteiger partial charge in [-0.1, -0.05) is 42.5 Å². The molecular weight excluding hydrogens is 478 g/mol. The van der Waals surface area contributed by atoms with Crippen LogP contribution in [0, 0.1) is 0 Å². The highest BCUT2D eigenvalue weighted by Crippen LogP contribution is 2.28. The van der Waals surface area contributed by atoms with Gasteiger partial charge in [0.05, 0.1) is 35.9 Å². The highest BCUT2D eigenvalue weighted by molar-refractivity contribution is 5.78. The fraction of sp³-hybridized carbons (Fsp3) is 0.300. The SMILES string of the molecule is COc1ccccc1N1CCN(CCCC(=O)NCc2nc3ccccc3c(=O)n2-c2ccccc2)CC1. The van der Waals surface area contributed by atoms with Crippen LogP contribution in [0.1, 0.15) is 18.7 Å². The molecule has 3 aromatic carbocycles. The number of methoxy groups -OCH3 is 1. The fourth-order valence-corrected chi connectivity index (χ4v) is 4.97. The number of ether oxygens (including phenoxy) is 1. The zero-order valence-electron chi connectivity index (χ0n) is 21.7. The van der Waals surface area contributed by atoms with E-state index in [9.17, 15) is 9.59 Å². The quantitative estimate of drug-likeness (QED) is 0.370. The number of hydrogen-bond acceptors (Lipinski definition) is 6. The molecule has 0 atom stereocenters. The van der Waals surface area contributed by atoms with Crippen molar-refractivity contribution in [3.05, 3.63) is 95.0 Å². The molecule has 1 N–H and O–H groups in total. The molecule has 1 amide bonds. The van der Waals surface area contributed by atoms with Crippen molar-refractivity contribution in [2.24, 2.45) is 0 Å². The minimum atomic E-state index is -0.140. The second kappa shape index (κ2) is 11.9. The lowest BCUT2D eigenvalue weighted by Crippen LogP contribution is -2.46. The first kappa shape index (κ1) is 25.5. The molecule has 0 bridgehead atoms. The summed E-state index contributed by atoms with van der Waals surface area (Å²) in [5, 5.41) is 3.53. The van der Waals surface area contributed by atoms with E-state index in [2.05, 4.69) is 21.2 Å². The number of hydrogen-bond donors (Lipinski definition) is 1. The number of benzene rings is 3. The third-order valence-corrected chi connectivity index (χ3v) is 6.98. The molecule has 1 aliphatic heterocycles. The largest absolute Gasteiger partial charge is 0.495 e. The smallest absolute Gasteiger partial charge is 0.266 e. The van der Waals surface area contributed by atoms with Crippen LogP contribution in [-0.2, 0) is 11.3 Å². The van der Waals surface area contributed by atoms with Gasteiger partial charge in [0.1, 0.15) is 11.6 Å².